The fourth-order valence-electron chi connectivity index (χ4n) is 1.87. The molecule has 0 bridgehead atoms. The number of amides is 2. The lowest BCUT2D eigenvalue weighted by Crippen LogP contribution is -2.63. The summed E-state index contributed by atoms with van der Waals surface area (Å²) in [5, 5.41) is 11.5. The van der Waals surface area contributed by atoms with Crippen LogP contribution in [0.1, 0.15) is 26.7 Å². The molecule has 1 heterocycles. The number of carbonyl (C=O) groups is 2. The van der Waals surface area contributed by atoms with Crippen LogP contribution in [-0.4, -0.2) is 45.5 Å². The molecule has 1 fully saturated rings. The van der Waals surface area contributed by atoms with E-state index in [1.165, 1.54) is 6.92 Å². The fraction of sp³-hybridized carbons (Fsp3) is 0.700. The summed E-state index contributed by atoms with van der Waals surface area (Å²) in [4.78, 5) is 23.6. The summed E-state index contributed by atoms with van der Waals surface area (Å²) in [6.07, 6.45) is 1.11. The summed E-state index contributed by atoms with van der Waals surface area (Å²) < 4.78 is 0. The highest BCUT2D eigenvalue weighted by Crippen LogP contribution is 2.34. The van der Waals surface area contributed by atoms with Crippen molar-refractivity contribution < 1.29 is 14.7 Å². The van der Waals surface area contributed by atoms with Crippen LogP contribution < -0.4 is 5.32 Å². The van der Waals surface area contributed by atoms with E-state index in [-0.39, 0.29) is 28.9 Å². The van der Waals surface area contributed by atoms with Gasteiger partial charge >= 0.3 is 0 Å². The third-order valence-corrected chi connectivity index (χ3v) is 2.94. The lowest BCUT2D eigenvalue weighted by molar-refractivity contribution is -0.154. The Labute approximate surface area is 99.8 Å². The second kappa shape index (κ2) is 4.78. The minimum absolute atomic E-state index is 0.0123. The van der Waals surface area contributed by atoms with Gasteiger partial charge in [-0.2, -0.15) is 0 Å². The summed E-state index contributed by atoms with van der Waals surface area (Å²) in [5.74, 6) is -0.0970. The summed E-state index contributed by atoms with van der Waals surface area (Å²) in [6.45, 7) is 4.00. The maximum Gasteiger partial charge on any atom is 0.225 e. The largest absolute Gasteiger partial charge is 0.501 e. The third kappa shape index (κ3) is 2.91. The Kier molecular flexibility index (Phi) is 3.85. The van der Waals surface area contributed by atoms with Gasteiger partial charge in [-0.1, -0.05) is 0 Å². The predicted octanol–water partition coefficient (Wildman–Crippen LogP) is 0.389. The van der Waals surface area contributed by atoms with Gasteiger partial charge in [0.1, 0.15) is 0 Å². The standard InChI is InChI=1S/C10H16N2O3S/c1-7(13)11-4-3-10(2)5-8(14)12(10)6-9(15)16/h3-6H2,1-2H3,(H,11,13)(H,15,16). The smallest absolute Gasteiger partial charge is 0.225 e. The number of likely N-dealkylation sites (tertiary alicyclic amines) is 1. The molecule has 90 valence electrons. The number of β-lactam (4-membered cyclic amide) rings is 1. The number of hydrogen-bond donors (Lipinski definition) is 2. The van der Waals surface area contributed by atoms with Gasteiger partial charge in [-0.05, 0) is 25.6 Å². The maximum atomic E-state index is 11.3. The third-order valence-electron chi connectivity index (χ3n) is 2.82. The van der Waals surface area contributed by atoms with Crippen molar-refractivity contribution in [3.8, 4) is 0 Å². The van der Waals surface area contributed by atoms with Crippen LogP contribution in [0, 0.1) is 0 Å². The molecule has 1 rings (SSSR count). The Morgan fingerprint density at radius 2 is 2.31 bits per heavy atom. The van der Waals surface area contributed by atoms with Crippen molar-refractivity contribution in [2.24, 2.45) is 0 Å². The average Bonchev–Trinajstić information content (AvgIpc) is 2.13. The van der Waals surface area contributed by atoms with Crippen molar-refractivity contribution in [1.29, 1.82) is 0 Å². The summed E-state index contributed by atoms with van der Waals surface area (Å²) in [7, 11) is 0. The second-order valence-electron chi connectivity index (χ2n) is 4.28. The summed E-state index contributed by atoms with van der Waals surface area (Å²) in [6, 6.07) is 0. The molecule has 1 atom stereocenters. The van der Waals surface area contributed by atoms with E-state index in [4.69, 9.17) is 5.11 Å². The summed E-state index contributed by atoms with van der Waals surface area (Å²) >= 11 is 4.57. The van der Waals surface area contributed by atoms with E-state index < -0.39 is 0 Å². The molecular weight excluding hydrogens is 228 g/mol. The van der Waals surface area contributed by atoms with Crippen molar-refractivity contribution in [2.75, 3.05) is 13.1 Å². The monoisotopic (exact) mass is 244 g/mol. The van der Waals surface area contributed by atoms with Crippen molar-refractivity contribution in [3.63, 3.8) is 0 Å². The first kappa shape index (κ1) is 12.9. The average molecular weight is 244 g/mol. The van der Waals surface area contributed by atoms with Gasteiger partial charge in [-0.25, -0.2) is 0 Å². The van der Waals surface area contributed by atoms with Gasteiger partial charge in [0.05, 0.1) is 12.1 Å². The minimum Gasteiger partial charge on any atom is -0.501 e. The molecule has 1 aliphatic heterocycles. The Morgan fingerprint density at radius 1 is 1.69 bits per heavy atom. The fourth-order valence-corrected chi connectivity index (χ4v) is 2.00. The van der Waals surface area contributed by atoms with Crippen molar-refractivity contribution in [2.45, 2.75) is 32.2 Å². The van der Waals surface area contributed by atoms with Crippen LogP contribution in [0.15, 0.2) is 0 Å². The van der Waals surface area contributed by atoms with E-state index in [1.54, 1.807) is 4.90 Å². The molecule has 1 aliphatic rings. The minimum atomic E-state index is -0.299. The van der Waals surface area contributed by atoms with Gasteiger partial charge < -0.3 is 15.3 Å². The molecule has 2 amide bonds. The Morgan fingerprint density at radius 3 is 2.75 bits per heavy atom. The van der Waals surface area contributed by atoms with Crippen LogP contribution in [0.4, 0.5) is 0 Å². The first-order chi connectivity index (χ1) is 7.35. The molecule has 0 saturated carbocycles. The van der Waals surface area contributed by atoms with E-state index in [1.807, 2.05) is 6.92 Å². The number of hydrogen-bond acceptors (Lipinski definition) is 3. The lowest BCUT2D eigenvalue weighted by atomic mass is 9.82. The van der Waals surface area contributed by atoms with Crippen LogP contribution in [-0.2, 0) is 9.59 Å². The van der Waals surface area contributed by atoms with Gasteiger partial charge in [-0.15, -0.1) is 0 Å². The van der Waals surface area contributed by atoms with Crippen molar-refractivity contribution >= 4 is 29.1 Å². The predicted molar refractivity (Wildman–Crippen MR) is 63.3 cm³/mol. The van der Waals surface area contributed by atoms with Crippen LogP contribution >= 0.6 is 12.2 Å². The summed E-state index contributed by atoms with van der Waals surface area (Å²) in [5.41, 5.74) is -0.299. The van der Waals surface area contributed by atoms with Gasteiger partial charge in [0.2, 0.25) is 11.8 Å². The van der Waals surface area contributed by atoms with Crippen LogP contribution in [0.25, 0.3) is 0 Å². The normalized spacial score (nSPS) is 23.9. The van der Waals surface area contributed by atoms with Crippen LogP contribution in [0.2, 0.25) is 0 Å². The van der Waals surface area contributed by atoms with Gasteiger partial charge in [0.25, 0.3) is 0 Å². The van der Waals surface area contributed by atoms with E-state index >= 15 is 0 Å². The molecule has 0 spiro atoms. The number of nitrogens with one attached hydrogen (secondary N) is 1. The van der Waals surface area contributed by atoms with Crippen LogP contribution in [0.5, 0.6) is 0 Å². The molecule has 1 unspecified atom stereocenters. The van der Waals surface area contributed by atoms with E-state index in [0.717, 1.165) is 0 Å². The first-order valence-electron chi connectivity index (χ1n) is 5.12. The number of carbonyl (C=O) groups excluding carboxylic acids is 2. The molecule has 0 aromatic rings. The zero-order chi connectivity index (χ0) is 12.3. The highest BCUT2D eigenvalue weighted by atomic mass is 32.1. The molecule has 6 heteroatoms. The molecule has 1 saturated heterocycles. The van der Waals surface area contributed by atoms with Gasteiger partial charge in [0, 0.05) is 19.9 Å². The molecule has 0 aliphatic carbocycles. The number of aliphatic hydroxyl groups excluding tert-OH is 1. The second-order valence-corrected chi connectivity index (χ2v) is 4.75. The zero-order valence-corrected chi connectivity index (χ0v) is 10.3. The van der Waals surface area contributed by atoms with Crippen molar-refractivity contribution in [3.05, 3.63) is 0 Å². The Hall–Kier alpha value is -1.17. The quantitative estimate of drug-likeness (QED) is 0.542. The highest BCUT2D eigenvalue weighted by molar-refractivity contribution is 7.80. The lowest BCUT2D eigenvalue weighted by Gasteiger charge is -2.49. The number of nitrogens with zero attached hydrogens (tertiary/aromatic N) is 1. The molecule has 2 N–H and O–H groups in total. The Balaban J connectivity index is 2.47. The molecule has 16 heavy (non-hydrogen) atoms. The molecule has 0 aromatic carbocycles. The number of aliphatic hydroxyl groups is 1. The zero-order valence-electron chi connectivity index (χ0n) is 9.45. The van der Waals surface area contributed by atoms with E-state index in [2.05, 4.69) is 17.5 Å². The van der Waals surface area contributed by atoms with E-state index in [0.29, 0.717) is 19.4 Å². The number of thiocarbonyl (C=S) groups is 1. The number of rotatable bonds is 5. The molecule has 5 nitrogen and oxygen atoms in total. The molecular formula is C10H16N2O3S. The van der Waals surface area contributed by atoms with Crippen molar-refractivity contribution in [1.82, 2.24) is 10.2 Å². The van der Waals surface area contributed by atoms with Gasteiger partial charge in [-0.3, -0.25) is 9.59 Å². The van der Waals surface area contributed by atoms with Crippen LogP contribution in [0.3, 0.4) is 0 Å². The topological polar surface area (TPSA) is 69.6 Å². The molecule has 0 aromatic heterocycles. The first-order valence-corrected chi connectivity index (χ1v) is 5.53. The Bertz CT molecular complexity index is 332. The van der Waals surface area contributed by atoms with Gasteiger partial charge in [0.15, 0.2) is 5.05 Å². The highest BCUT2D eigenvalue weighted by Gasteiger charge is 2.46. The van der Waals surface area contributed by atoms with E-state index in [9.17, 15) is 9.59 Å². The SMILES string of the molecule is CC(=O)NCCC1(C)CC(=O)N1CC(O)=S. The molecule has 0 radical (unpaired) electrons. The maximum absolute atomic E-state index is 11.3.